The third-order valence-corrected chi connectivity index (χ3v) is 3.25. The van der Waals surface area contributed by atoms with Crippen LogP contribution in [-0.4, -0.2) is 19.7 Å². The van der Waals surface area contributed by atoms with E-state index in [1.165, 1.54) is 16.7 Å². The molecule has 0 saturated carbocycles. The molecule has 0 N–H and O–H groups in total. The SMILES string of the molecule is Cc1cncc(Cc2ccc(-c3ccnn3C)nc2)c1. The first kappa shape index (κ1) is 12.5. The number of pyridine rings is 2. The smallest absolute Gasteiger partial charge is 0.0883 e. The van der Waals surface area contributed by atoms with Crippen molar-refractivity contribution in [1.82, 2.24) is 19.7 Å². The lowest BCUT2D eigenvalue weighted by Gasteiger charge is -2.05. The zero-order valence-electron chi connectivity index (χ0n) is 11.6. The van der Waals surface area contributed by atoms with E-state index in [9.17, 15) is 0 Å². The summed E-state index contributed by atoms with van der Waals surface area (Å²) in [7, 11) is 1.92. The average molecular weight is 264 g/mol. The van der Waals surface area contributed by atoms with Gasteiger partial charge in [-0.3, -0.25) is 14.6 Å². The van der Waals surface area contributed by atoms with Crippen LogP contribution in [-0.2, 0) is 13.5 Å². The molecule has 0 bridgehead atoms. The number of hydrogen-bond acceptors (Lipinski definition) is 3. The first-order chi connectivity index (χ1) is 9.72. The van der Waals surface area contributed by atoms with E-state index in [1.54, 1.807) is 6.20 Å². The zero-order chi connectivity index (χ0) is 13.9. The monoisotopic (exact) mass is 264 g/mol. The summed E-state index contributed by atoms with van der Waals surface area (Å²) in [6.07, 6.45) is 8.33. The minimum atomic E-state index is 0.855. The van der Waals surface area contributed by atoms with Crippen molar-refractivity contribution >= 4 is 0 Å². The molecule has 0 amide bonds. The maximum atomic E-state index is 4.52. The third-order valence-electron chi connectivity index (χ3n) is 3.25. The molecule has 0 atom stereocenters. The highest BCUT2D eigenvalue weighted by Gasteiger charge is 2.04. The second-order valence-electron chi connectivity index (χ2n) is 4.94. The summed E-state index contributed by atoms with van der Waals surface area (Å²) >= 11 is 0. The van der Waals surface area contributed by atoms with Gasteiger partial charge in [0, 0.05) is 38.3 Å². The summed E-state index contributed by atoms with van der Waals surface area (Å²) in [4.78, 5) is 8.74. The van der Waals surface area contributed by atoms with Gasteiger partial charge in [0.1, 0.15) is 0 Å². The zero-order valence-corrected chi connectivity index (χ0v) is 11.6. The van der Waals surface area contributed by atoms with Crippen molar-refractivity contribution in [2.75, 3.05) is 0 Å². The van der Waals surface area contributed by atoms with Crippen LogP contribution in [0.25, 0.3) is 11.4 Å². The molecule has 3 aromatic rings. The molecule has 100 valence electrons. The molecule has 0 aromatic carbocycles. The van der Waals surface area contributed by atoms with Crippen molar-refractivity contribution in [3.05, 3.63) is 65.7 Å². The summed E-state index contributed by atoms with van der Waals surface area (Å²) in [5.74, 6) is 0. The van der Waals surface area contributed by atoms with Gasteiger partial charge in [-0.1, -0.05) is 12.1 Å². The standard InChI is InChI=1S/C16H16N4/c1-12-7-14(10-17-9-12)8-13-3-4-15(18-11-13)16-5-6-19-20(16)2/h3-7,9-11H,8H2,1-2H3. The van der Waals surface area contributed by atoms with Crippen LogP contribution in [0, 0.1) is 6.92 Å². The van der Waals surface area contributed by atoms with Gasteiger partial charge in [0.05, 0.1) is 11.4 Å². The quantitative estimate of drug-likeness (QED) is 0.730. The van der Waals surface area contributed by atoms with E-state index >= 15 is 0 Å². The highest BCUT2D eigenvalue weighted by molar-refractivity contribution is 5.54. The Morgan fingerprint density at radius 3 is 2.60 bits per heavy atom. The fourth-order valence-corrected chi connectivity index (χ4v) is 2.26. The van der Waals surface area contributed by atoms with Crippen LogP contribution in [0.1, 0.15) is 16.7 Å². The molecule has 3 aromatic heterocycles. The van der Waals surface area contributed by atoms with Gasteiger partial charge in [-0.25, -0.2) is 0 Å². The fraction of sp³-hybridized carbons (Fsp3) is 0.188. The van der Waals surface area contributed by atoms with E-state index in [0.717, 1.165) is 17.8 Å². The van der Waals surface area contributed by atoms with Crippen LogP contribution in [0.2, 0.25) is 0 Å². The molecule has 0 aliphatic carbocycles. The Bertz CT molecular complexity index is 713. The first-order valence-electron chi connectivity index (χ1n) is 6.56. The van der Waals surface area contributed by atoms with Crippen LogP contribution in [0.15, 0.2) is 49.1 Å². The molecule has 0 saturated heterocycles. The van der Waals surface area contributed by atoms with E-state index < -0.39 is 0 Å². The van der Waals surface area contributed by atoms with E-state index in [1.807, 2.05) is 42.5 Å². The lowest BCUT2D eigenvalue weighted by atomic mass is 10.1. The predicted octanol–water partition coefficient (Wildman–Crippen LogP) is 2.78. The lowest BCUT2D eigenvalue weighted by Crippen LogP contribution is -1.96. The van der Waals surface area contributed by atoms with Gasteiger partial charge in [-0.05, 0) is 35.7 Å². The highest BCUT2D eigenvalue weighted by atomic mass is 15.3. The largest absolute Gasteiger partial charge is 0.266 e. The van der Waals surface area contributed by atoms with Crippen LogP contribution < -0.4 is 0 Å². The highest BCUT2D eigenvalue weighted by Crippen LogP contribution is 2.17. The van der Waals surface area contributed by atoms with Crippen LogP contribution in [0.5, 0.6) is 0 Å². The Kier molecular flexibility index (Phi) is 3.29. The van der Waals surface area contributed by atoms with Crippen molar-refractivity contribution in [2.45, 2.75) is 13.3 Å². The minimum Gasteiger partial charge on any atom is -0.266 e. The maximum Gasteiger partial charge on any atom is 0.0883 e. The average Bonchev–Trinajstić information content (AvgIpc) is 2.86. The number of aryl methyl sites for hydroxylation is 2. The first-order valence-corrected chi connectivity index (χ1v) is 6.56. The lowest BCUT2D eigenvalue weighted by molar-refractivity contribution is 0.773. The molecule has 3 rings (SSSR count). The van der Waals surface area contributed by atoms with E-state index in [2.05, 4.69) is 34.1 Å². The molecule has 4 heteroatoms. The van der Waals surface area contributed by atoms with Gasteiger partial charge in [0.15, 0.2) is 0 Å². The fourth-order valence-electron chi connectivity index (χ4n) is 2.26. The second-order valence-corrected chi connectivity index (χ2v) is 4.94. The summed E-state index contributed by atoms with van der Waals surface area (Å²) < 4.78 is 1.83. The van der Waals surface area contributed by atoms with E-state index in [0.29, 0.717) is 0 Å². The van der Waals surface area contributed by atoms with Crippen molar-refractivity contribution in [3.63, 3.8) is 0 Å². The molecule has 0 spiro atoms. The van der Waals surface area contributed by atoms with Gasteiger partial charge in [0.2, 0.25) is 0 Å². The minimum absolute atomic E-state index is 0.855. The number of rotatable bonds is 3. The van der Waals surface area contributed by atoms with Gasteiger partial charge < -0.3 is 0 Å². The summed E-state index contributed by atoms with van der Waals surface area (Å²) in [6, 6.07) is 8.27. The molecule has 0 radical (unpaired) electrons. The number of hydrogen-bond donors (Lipinski definition) is 0. The molecular weight excluding hydrogens is 248 g/mol. The van der Waals surface area contributed by atoms with Crippen molar-refractivity contribution < 1.29 is 0 Å². The Morgan fingerprint density at radius 1 is 1.05 bits per heavy atom. The van der Waals surface area contributed by atoms with Crippen molar-refractivity contribution in [3.8, 4) is 11.4 Å². The van der Waals surface area contributed by atoms with Crippen LogP contribution in [0.3, 0.4) is 0 Å². The molecule has 0 fully saturated rings. The van der Waals surface area contributed by atoms with Gasteiger partial charge >= 0.3 is 0 Å². The second kappa shape index (κ2) is 5.25. The molecule has 4 nitrogen and oxygen atoms in total. The van der Waals surface area contributed by atoms with Gasteiger partial charge in [-0.2, -0.15) is 5.10 Å². The molecule has 0 aliphatic rings. The molecule has 3 heterocycles. The maximum absolute atomic E-state index is 4.52. The Balaban J connectivity index is 1.82. The molecule has 20 heavy (non-hydrogen) atoms. The predicted molar refractivity (Wildman–Crippen MR) is 78.2 cm³/mol. The van der Waals surface area contributed by atoms with Crippen molar-refractivity contribution in [1.29, 1.82) is 0 Å². The molecular formula is C16H16N4. The van der Waals surface area contributed by atoms with Crippen LogP contribution >= 0.6 is 0 Å². The normalized spacial score (nSPS) is 10.7. The van der Waals surface area contributed by atoms with Crippen molar-refractivity contribution in [2.24, 2.45) is 7.05 Å². The number of aromatic nitrogens is 4. The van der Waals surface area contributed by atoms with Crippen LogP contribution in [0.4, 0.5) is 0 Å². The Hall–Kier alpha value is -2.49. The van der Waals surface area contributed by atoms with E-state index in [-0.39, 0.29) is 0 Å². The van der Waals surface area contributed by atoms with E-state index in [4.69, 9.17) is 0 Å². The van der Waals surface area contributed by atoms with Gasteiger partial charge in [-0.15, -0.1) is 0 Å². The number of nitrogens with zero attached hydrogens (tertiary/aromatic N) is 4. The molecule has 0 aliphatic heterocycles. The molecule has 0 unspecified atom stereocenters. The topological polar surface area (TPSA) is 43.6 Å². The third kappa shape index (κ3) is 2.59. The summed E-state index contributed by atoms with van der Waals surface area (Å²) in [5, 5.41) is 4.16. The van der Waals surface area contributed by atoms with Gasteiger partial charge in [0.25, 0.3) is 0 Å². The summed E-state index contributed by atoms with van der Waals surface area (Å²) in [5.41, 5.74) is 5.54. The Morgan fingerprint density at radius 2 is 1.95 bits per heavy atom. The Labute approximate surface area is 118 Å². The summed E-state index contributed by atoms with van der Waals surface area (Å²) in [6.45, 7) is 2.06.